The van der Waals surface area contributed by atoms with Crippen LogP contribution in [0.3, 0.4) is 0 Å². The molecular weight excluding hydrogens is 561 g/mol. The lowest BCUT2D eigenvalue weighted by Gasteiger charge is -2.33. The number of hydrogen-bond acceptors (Lipinski definition) is 5. The molecule has 0 bridgehead atoms. The fourth-order valence-electron chi connectivity index (χ4n) is 4.04. The van der Waals surface area contributed by atoms with Crippen LogP contribution in [-0.4, -0.2) is 51.9 Å². The zero-order valence-corrected chi connectivity index (χ0v) is 24.5. The van der Waals surface area contributed by atoms with Crippen LogP contribution in [0.5, 0.6) is 5.75 Å². The molecule has 0 saturated carbocycles. The Bertz CT molecular complexity index is 1410. The zero-order chi connectivity index (χ0) is 28.7. The number of benzene rings is 3. The normalized spacial score (nSPS) is 11.9. The molecule has 3 aromatic rings. The van der Waals surface area contributed by atoms with Gasteiger partial charge in [-0.2, -0.15) is 0 Å². The van der Waals surface area contributed by atoms with Crippen LogP contribution in [0.4, 0.5) is 5.69 Å². The predicted octanol–water partition coefficient (Wildman–Crippen LogP) is 5.06. The molecule has 0 radical (unpaired) electrons. The Morgan fingerprint density at radius 1 is 0.974 bits per heavy atom. The van der Waals surface area contributed by atoms with E-state index in [9.17, 15) is 18.0 Å². The summed E-state index contributed by atoms with van der Waals surface area (Å²) in [6.07, 6.45) is 0.308. The molecule has 3 aromatic carbocycles. The first-order valence-corrected chi connectivity index (χ1v) is 14.4. The van der Waals surface area contributed by atoms with Gasteiger partial charge in [-0.3, -0.25) is 13.9 Å². The average molecular weight is 593 g/mol. The van der Waals surface area contributed by atoms with Gasteiger partial charge in [-0.15, -0.1) is 0 Å². The van der Waals surface area contributed by atoms with E-state index in [-0.39, 0.29) is 17.3 Å². The maximum Gasteiger partial charge on any atom is 0.264 e. The van der Waals surface area contributed by atoms with Crippen molar-refractivity contribution in [1.82, 2.24) is 10.2 Å². The number of hydrogen-bond donors (Lipinski definition) is 1. The molecule has 11 heteroatoms. The average Bonchev–Trinajstić information content (AvgIpc) is 2.93. The summed E-state index contributed by atoms with van der Waals surface area (Å²) >= 11 is 12.3. The van der Waals surface area contributed by atoms with Crippen molar-refractivity contribution in [2.45, 2.75) is 37.8 Å². The molecule has 0 unspecified atom stereocenters. The number of halogens is 2. The Balaban J connectivity index is 2.06. The number of nitrogens with one attached hydrogen (secondary N) is 1. The summed E-state index contributed by atoms with van der Waals surface area (Å²) in [7, 11) is -1.20. The molecule has 39 heavy (non-hydrogen) atoms. The van der Waals surface area contributed by atoms with Gasteiger partial charge in [0.05, 0.1) is 27.7 Å². The Hall–Kier alpha value is -3.27. The third kappa shape index (κ3) is 7.23. The van der Waals surface area contributed by atoms with Gasteiger partial charge in [-0.1, -0.05) is 53.9 Å². The van der Waals surface area contributed by atoms with Gasteiger partial charge in [-0.25, -0.2) is 8.42 Å². The highest BCUT2D eigenvalue weighted by atomic mass is 35.5. The minimum Gasteiger partial charge on any atom is -0.497 e. The van der Waals surface area contributed by atoms with E-state index < -0.39 is 28.5 Å². The lowest BCUT2D eigenvalue weighted by molar-refractivity contribution is -0.140. The molecule has 0 saturated heterocycles. The molecule has 0 aromatic heterocycles. The van der Waals surface area contributed by atoms with Crippen LogP contribution in [0, 0.1) is 6.92 Å². The number of methoxy groups -OCH3 is 1. The standard InChI is InChI=1S/C28H31Cl2N3O5S/c1-5-26(28(35)31-3)32(17-20-8-15-24(29)25(30)16-20)27(34)18-33(21-9-6-19(2)7-10-21)39(36,37)23-13-11-22(38-4)12-14-23/h6-16,26H,5,17-18H2,1-4H3,(H,31,35)/t26-/m1/s1. The number of carbonyl (C=O) groups excluding carboxylic acids is 2. The molecule has 1 N–H and O–H groups in total. The second-order valence-electron chi connectivity index (χ2n) is 8.83. The molecule has 0 fully saturated rings. The van der Waals surface area contributed by atoms with Gasteiger partial charge < -0.3 is 15.0 Å². The lowest BCUT2D eigenvalue weighted by Crippen LogP contribution is -2.51. The highest BCUT2D eigenvalue weighted by molar-refractivity contribution is 7.92. The van der Waals surface area contributed by atoms with Gasteiger partial charge in [0.2, 0.25) is 11.8 Å². The largest absolute Gasteiger partial charge is 0.497 e. The van der Waals surface area contributed by atoms with Gasteiger partial charge in [0.15, 0.2) is 0 Å². The number of rotatable bonds is 11. The highest BCUT2D eigenvalue weighted by Crippen LogP contribution is 2.27. The fourth-order valence-corrected chi connectivity index (χ4v) is 5.77. The van der Waals surface area contributed by atoms with Gasteiger partial charge in [-0.05, 0) is 67.4 Å². The van der Waals surface area contributed by atoms with Crippen molar-refractivity contribution in [2.75, 3.05) is 25.0 Å². The quantitative estimate of drug-likeness (QED) is 0.336. The second kappa shape index (κ2) is 13.2. The number of anilines is 1. The molecule has 3 rings (SSSR count). The van der Waals surface area contributed by atoms with Crippen molar-refractivity contribution in [2.24, 2.45) is 0 Å². The number of nitrogens with zero attached hydrogens (tertiary/aromatic N) is 2. The van der Waals surface area contributed by atoms with Crippen molar-refractivity contribution < 1.29 is 22.7 Å². The number of carbonyl (C=O) groups is 2. The first-order valence-electron chi connectivity index (χ1n) is 12.2. The predicted molar refractivity (Wildman–Crippen MR) is 154 cm³/mol. The summed E-state index contributed by atoms with van der Waals surface area (Å²) in [4.78, 5) is 28.0. The molecule has 0 aliphatic carbocycles. The first-order chi connectivity index (χ1) is 18.5. The molecule has 0 heterocycles. The van der Waals surface area contributed by atoms with Crippen LogP contribution < -0.4 is 14.4 Å². The monoisotopic (exact) mass is 591 g/mol. The maximum absolute atomic E-state index is 13.9. The smallest absolute Gasteiger partial charge is 0.264 e. The number of amides is 2. The van der Waals surface area contributed by atoms with Crippen LogP contribution in [0.25, 0.3) is 0 Å². The topological polar surface area (TPSA) is 96.0 Å². The van der Waals surface area contributed by atoms with Crippen molar-refractivity contribution in [1.29, 1.82) is 0 Å². The van der Waals surface area contributed by atoms with E-state index >= 15 is 0 Å². The van der Waals surface area contributed by atoms with E-state index in [1.807, 2.05) is 6.92 Å². The summed E-state index contributed by atoms with van der Waals surface area (Å²) in [5.74, 6) is -0.434. The van der Waals surface area contributed by atoms with E-state index in [4.69, 9.17) is 27.9 Å². The van der Waals surface area contributed by atoms with Crippen LogP contribution >= 0.6 is 23.2 Å². The molecule has 2 amide bonds. The fraction of sp³-hybridized carbons (Fsp3) is 0.286. The molecule has 8 nitrogen and oxygen atoms in total. The van der Waals surface area contributed by atoms with E-state index in [1.165, 1.54) is 43.3 Å². The van der Waals surface area contributed by atoms with Crippen molar-refractivity contribution in [3.05, 3.63) is 87.9 Å². The van der Waals surface area contributed by atoms with Gasteiger partial charge in [0.25, 0.3) is 10.0 Å². The summed E-state index contributed by atoms with van der Waals surface area (Å²) in [6, 6.07) is 16.8. The van der Waals surface area contributed by atoms with Crippen molar-refractivity contribution in [3.8, 4) is 5.75 Å². The molecule has 208 valence electrons. The van der Waals surface area contributed by atoms with Crippen LogP contribution in [0.2, 0.25) is 10.0 Å². The molecule has 0 aliphatic heterocycles. The van der Waals surface area contributed by atoms with Gasteiger partial charge in [0, 0.05) is 13.6 Å². The maximum atomic E-state index is 13.9. The van der Waals surface area contributed by atoms with E-state index in [1.54, 1.807) is 49.4 Å². The van der Waals surface area contributed by atoms with Crippen LogP contribution in [-0.2, 0) is 26.2 Å². The second-order valence-corrected chi connectivity index (χ2v) is 11.5. The minimum atomic E-state index is -4.17. The SMILES string of the molecule is CC[C@H](C(=O)NC)N(Cc1ccc(Cl)c(Cl)c1)C(=O)CN(c1ccc(C)cc1)S(=O)(=O)c1ccc(OC)cc1. The highest BCUT2D eigenvalue weighted by Gasteiger charge is 2.33. The lowest BCUT2D eigenvalue weighted by atomic mass is 10.1. The summed E-state index contributed by atoms with van der Waals surface area (Å²) < 4.78 is 33.9. The zero-order valence-electron chi connectivity index (χ0n) is 22.1. The third-order valence-electron chi connectivity index (χ3n) is 6.22. The van der Waals surface area contributed by atoms with E-state index in [2.05, 4.69) is 5.32 Å². The first kappa shape index (κ1) is 30.3. The Kier molecular flexibility index (Phi) is 10.2. The number of likely N-dealkylation sites (N-methyl/N-ethyl adjacent to an activating group) is 1. The Morgan fingerprint density at radius 2 is 1.62 bits per heavy atom. The third-order valence-corrected chi connectivity index (χ3v) is 8.74. The van der Waals surface area contributed by atoms with E-state index in [0.29, 0.717) is 33.5 Å². The van der Waals surface area contributed by atoms with E-state index in [0.717, 1.165) is 9.87 Å². The number of sulfonamides is 1. The van der Waals surface area contributed by atoms with Crippen molar-refractivity contribution in [3.63, 3.8) is 0 Å². The van der Waals surface area contributed by atoms with Gasteiger partial charge >= 0.3 is 0 Å². The molecule has 0 spiro atoms. The molecule has 0 aliphatic rings. The Labute approximate surface area is 239 Å². The summed E-state index contributed by atoms with van der Waals surface area (Å²) in [5, 5.41) is 3.25. The van der Waals surface area contributed by atoms with Gasteiger partial charge in [0.1, 0.15) is 18.3 Å². The van der Waals surface area contributed by atoms with Crippen molar-refractivity contribution >= 4 is 50.7 Å². The molecule has 1 atom stereocenters. The Morgan fingerprint density at radius 3 is 2.15 bits per heavy atom. The minimum absolute atomic E-state index is 0.00829. The van der Waals surface area contributed by atoms with Crippen LogP contribution in [0.15, 0.2) is 71.6 Å². The molecular formula is C28H31Cl2N3O5S. The number of aryl methyl sites for hydroxylation is 1. The number of ether oxygens (including phenoxy) is 1. The summed E-state index contributed by atoms with van der Waals surface area (Å²) in [5.41, 5.74) is 1.88. The summed E-state index contributed by atoms with van der Waals surface area (Å²) in [6.45, 7) is 3.14. The van der Waals surface area contributed by atoms with Crippen LogP contribution in [0.1, 0.15) is 24.5 Å².